The van der Waals surface area contributed by atoms with Gasteiger partial charge in [-0.25, -0.2) is 0 Å². The maximum atomic E-state index is 10.5. The fraction of sp³-hybridized carbons (Fsp3) is 0.273. The summed E-state index contributed by atoms with van der Waals surface area (Å²) in [6.45, 7) is 0.226. The van der Waals surface area contributed by atoms with E-state index in [1.807, 2.05) is 6.07 Å². The topological polar surface area (TPSA) is 52.6 Å². The molecule has 1 aliphatic heterocycles. The molecular weight excluding hydrogens is 196 g/mol. The molecule has 0 radical (unpaired) electrons. The fourth-order valence-electron chi connectivity index (χ4n) is 1.47. The highest BCUT2D eigenvalue weighted by Crippen LogP contribution is 2.32. The van der Waals surface area contributed by atoms with Crippen LogP contribution in [0, 0.1) is 5.92 Å². The largest absolute Gasteiger partial charge is 0.454 e. The van der Waals surface area contributed by atoms with Crippen LogP contribution in [-0.4, -0.2) is 19.4 Å². The Bertz CT molecular complexity index is 378. The van der Waals surface area contributed by atoms with E-state index in [2.05, 4.69) is 0 Å². The summed E-state index contributed by atoms with van der Waals surface area (Å²) in [5, 5.41) is 0. The molecule has 0 unspecified atom stereocenters. The SMILES string of the molecule is O=CC(C=O)Cc1ccc2c(c1)OCO2. The summed E-state index contributed by atoms with van der Waals surface area (Å²) in [6.07, 6.45) is 1.71. The second kappa shape index (κ2) is 4.13. The highest BCUT2D eigenvalue weighted by Gasteiger charge is 2.14. The van der Waals surface area contributed by atoms with E-state index < -0.39 is 5.92 Å². The molecule has 0 aliphatic carbocycles. The number of hydrogen-bond acceptors (Lipinski definition) is 4. The van der Waals surface area contributed by atoms with Crippen molar-refractivity contribution in [2.75, 3.05) is 6.79 Å². The number of benzene rings is 1. The van der Waals surface area contributed by atoms with E-state index in [1.165, 1.54) is 0 Å². The lowest BCUT2D eigenvalue weighted by molar-refractivity contribution is -0.119. The molecule has 1 aliphatic rings. The molecule has 0 saturated carbocycles. The first-order valence-electron chi connectivity index (χ1n) is 4.62. The van der Waals surface area contributed by atoms with Crippen molar-refractivity contribution in [3.05, 3.63) is 23.8 Å². The molecule has 0 saturated heterocycles. The lowest BCUT2D eigenvalue weighted by Crippen LogP contribution is -2.07. The van der Waals surface area contributed by atoms with Crippen LogP contribution in [0.3, 0.4) is 0 Å². The van der Waals surface area contributed by atoms with Gasteiger partial charge in [0.1, 0.15) is 12.6 Å². The smallest absolute Gasteiger partial charge is 0.231 e. The van der Waals surface area contributed by atoms with Crippen molar-refractivity contribution >= 4 is 12.6 Å². The van der Waals surface area contributed by atoms with Gasteiger partial charge in [-0.15, -0.1) is 0 Å². The van der Waals surface area contributed by atoms with Gasteiger partial charge in [0.05, 0.1) is 5.92 Å². The van der Waals surface area contributed by atoms with E-state index in [-0.39, 0.29) is 6.79 Å². The van der Waals surface area contributed by atoms with Crippen molar-refractivity contribution in [1.82, 2.24) is 0 Å². The number of ether oxygens (including phenoxy) is 2. The summed E-state index contributed by atoms with van der Waals surface area (Å²) in [5.41, 5.74) is 0.892. The molecule has 1 aromatic carbocycles. The molecule has 0 bridgehead atoms. The predicted molar refractivity (Wildman–Crippen MR) is 51.9 cm³/mol. The third-order valence-electron chi connectivity index (χ3n) is 2.26. The van der Waals surface area contributed by atoms with Crippen molar-refractivity contribution in [1.29, 1.82) is 0 Å². The highest BCUT2D eigenvalue weighted by molar-refractivity contribution is 5.77. The van der Waals surface area contributed by atoms with E-state index >= 15 is 0 Å². The molecule has 0 amide bonds. The first-order valence-corrected chi connectivity index (χ1v) is 4.62. The molecule has 1 aromatic rings. The average Bonchev–Trinajstić information content (AvgIpc) is 2.73. The molecule has 15 heavy (non-hydrogen) atoms. The Morgan fingerprint density at radius 1 is 1.20 bits per heavy atom. The van der Waals surface area contributed by atoms with Crippen molar-refractivity contribution in [2.24, 2.45) is 5.92 Å². The van der Waals surface area contributed by atoms with Crippen LogP contribution in [0.5, 0.6) is 11.5 Å². The second-order valence-electron chi connectivity index (χ2n) is 3.33. The van der Waals surface area contributed by atoms with Gasteiger partial charge in [-0.3, -0.25) is 0 Å². The minimum atomic E-state index is -0.578. The van der Waals surface area contributed by atoms with E-state index in [4.69, 9.17) is 9.47 Å². The molecule has 0 N–H and O–H groups in total. The van der Waals surface area contributed by atoms with E-state index in [1.54, 1.807) is 12.1 Å². The summed E-state index contributed by atoms with van der Waals surface area (Å²) < 4.78 is 10.3. The van der Waals surface area contributed by atoms with Crippen molar-refractivity contribution in [3.63, 3.8) is 0 Å². The van der Waals surface area contributed by atoms with Crippen molar-refractivity contribution in [3.8, 4) is 11.5 Å². The third-order valence-corrected chi connectivity index (χ3v) is 2.26. The third kappa shape index (κ3) is 1.98. The summed E-state index contributed by atoms with van der Waals surface area (Å²) in [5.74, 6) is 0.793. The van der Waals surface area contributed by atoms with Gasteiger partial charge in [0, 0.05) is 0 Å². The fourth-order valence-corrected chi connectivity index (χ4v) is 1.47. The Morgan fingerprint density at radius 3 is 2.67 bits per heavy atom. The predicted octanol–water partition coefficient (Wildman–Crippen LogP) is 0.972. The number of carbonyl (C=O) groups is 2. The Balaban J connectivity index is 2.16. The van der Waals surface area contributed by atoms with Gasteiger partial charge in [-0.2, -0.15) is 0 Å². The zero-order chi connectivity index (χ0) is 10.7. The van der Waals surface area contributed by atoms with E-state index in [0.717, 1.165) is 5.56 Å². The number of rotatable bonds is 4. The maximum absolute atomic E-state index is 10.5. The first kappa shape index (κ1) is 9.71. The molecule has 4 heteroatoms. The van der Waals surface area contributed by atoms with Crippen LogP contribution in [-0.2, 0) is 16.0 Å². The molecule has 1 heterocycles. The van der Waals surface area contributed by atoms with Gasteiger partial charge in [0.25, 0.3) is 0 Å². The monoisotopic (exact) mass is 206 g/mol. The summed E-state index contributed by atoms with van der Waals surface area (Å²) >= 11 is 0. The van der Waals surface area contributed by atoms with Crippen molar-refractivity contribution in [2.45, 2.75) is 6.42 Å². The Kier molecular flexibility index (Phi) is 2.67. The molecule has 0 atom stereocenters. The van der Waals surface area contributed by atoms with Crippen LogP contribution < -0.4 is 9.47 Å². The minimum Gasteiger partial charge on any atom is -0.454 e. The van der Waals surface area contributed by atoms with Crippen LogP contribution in [0.25, 0.3) is 0 Å². The molecular formula is C11H10O4. The molecule has 2 rings (SSSR count). The van der Waals surface area contributed by atoms with Gasteiger partial charge in [-0.05, 0) is 24.1 Å². The summed E-state index contributed by atoms with van der Waals surface area (Å²) in [6, 6.07) is 5.40. The number of fused-ring (bicyclic) bond motifs is 1. The van der Waals surface area contributed by atoms with Crippen LogP contribution >= 0.6 is 0 Å². The van der Waals surface area contributed by atoms with Gasteiger partial charge < -0.3 is 19.1 Å². The standard InChI is InChI=1S/C11H10O4/c12-5-9(6-13)3-8-1-2-10-11(4-8)15-7-14-10/h1-2,4-6,9H,3,7H2. The van der Waals surface area contributed by atoms with Crippen LogP contribution in [0.15, 0.2) is 18.2 Å². The lowest BCUT2D eigenvalue weighted by atomic mass is 10.0. The van der Waals surface area contributed by atoms with Crippen molar-refractivity contribution < 1.29 is 19.1 Å². The zero-order valence-electron chi connectivity index (χ0n) is 8.01. The normalized spacial score (nSPS) is 12.9. The average molecular weight is 206 g/mol. The number of aldehydes is 2. The van der Waals surface area contributed by atoms with Crippen LogP contribution in [0.2, 0.25) is 0 Å². The zero-order valence-corrected chi connectivity index (χ0v) is 8.01. The van der Waals surface area contributed by atoms with Gasteiger partial charge in [0.15, 0.2) is 11.5 Å². The summed E-state index contributed by atoms with van der Waals surface area (Å²) in [4.78, 5) is 21.0. The quantitative estimate of drug-likeness (QED) is 0.544. The summed E-state index contributed by atoms with van der Waals surface area (Å²) in [7, 11) is 0. The Labute approximate surface area is 86.8 Å². The lowest BCUT2D eigenvalue weighted by Gasteiger charge is -2.03. The van der Waals surface area contributed by atoms with Gasteiger partial charge in [0.2, 0.25) is 6.79 Å². The molecule has 4 nitrogen and oxygen atoms in total. The molecule has 78 valence electrons. The molecule has 0 spiro atoms. The first-order chi connectivity index (χ1) is 7.33. The van der Waals surface area contributed by atoms with Gasteiger partial charge >= 0.3 is 0 Å². The highest BCUT2D eigenvalue weighted by atomic mass is 16.7. The Morgan fingerprint density at radius 2 is 1.93 bits per heavy atom. The van der Waals surface area contributed by atoms with Gasteiger partial charge in [-0.1, -0.05) is 6.07 Å². The second-order valence-corrected chi connectivity index (χ2v) is 3.33. The Hall–Kier alpha value is -1.84. The molecule has 0 fully saturated rings. The van der Waals surface area contributed by atoms with E-state index in [9.17, 15) is 9.59 Å². The van der Waals surface area contributed by atoms with E-state index in [0.29, 0.717) is 30.5 Å². The minimum absolute atomic E-state index is 0.226. The maximum Gasteiger partial charge on any atom is 0.231 e. The van der Waals surface area contributed by atoms with Crippen LogP contribution in [0.1, 0.15) is 5.56 Å². The molecule has 0 aromatic heterocycles. The van der Waals surface area contributed by atoms with Crippen LogP contribution in [0.4, 0.5) is 0 Å². The number of carbonyl (C=O) groups excluding carboxylic acids is 2. The number of hydrogen-bond donors (Lipinski definition) is 0.